The van der Waals surface area contributed by atoms with E-state index in [0.717, 1.165) is 0 Å². The first-order chi connectivity index (χ1) is 11.8. The lowest BCUT2D eigenvalue weighted by atomic mass is 9.80. The summed E-state index contributed by atoms with van der Waals surface area (Å²) in [5, 5.41) is 36.2. The molecule has 0 spiro atoms. The van der Waals surface area contributed by atoms with E-state index in [1.807, 2.05) is 0 Å². The Morgan fingerprint density at radius 3 is 2.40 bits per heavy atom. The van der Waals surface area contributed by atoms with Gasteiger partial charge in [0.25, 0.3) is 5.91 Å². The summed E-state index contributed by atoms with van der Waals surface area (Å²) in [6.07, 6.45) is -1.41. The van der Waals surface area contributed by atoms with E-state index >= 15 is 0 Å². The molecule has 0 unspecified atom stereocenters. The van der Waals surface area contributed by atoms with E-state index < -0.39 is 17.6 Å². The molecule has 2 aromatic carbocycles. The molecule has 1 saturated heterocycles. The number of aromatic hydroxyl groups is 2. The van der Waals surface area contributed by atoms with Crippen LogP contribution in [0.25, 0.3) is 0 Å². The maximum atomic E-state index is 12.7. The number of phenolic OH excluding ortho intramolecular Hbond substituents is 2. The van der Waals surface area contributed by atoms with Gasteiger partial charge in [-0.2, -0.15) is 0 Å². The molecule has 0 aliphatic carbocycles. The Morgan fingerprint density at radius 2 is 1.84 bits per heavy atom. The van der Waals surface area contributed by atoms with Crippen LogP contribution < -0.4 is 10.6 Å². The predicted molar refractivity (Wildman–Crippen MR) is 96.5 cm³/mol. The Bertz CT molecular complexity index is 872. The number of hydrogen-bond acceptors (Lipinski definition) is 5. The zero-order chi connectivity index (χ0) is 18.4. The maximum absolute atomic E-state index is 12.7. The van der Waals surface area contributed by atoms with Gasteiger partial charge in [-0.05, 0) is 54.5 Å². The average molecular weight is 379 g/mol. The number of nitrogens with one attached hydrogen (secondary N) is 2. The Morgan fingerprint density at radius 1 is 1.20 bits per heavy atom. The van der Waals surface area contributed by atoms with Gasteiger partial charge in [-0.25, -0.2) is 0 Å². The number of hydrogen-bond donors (Lipinski definition) is 5. The lowest BCUT2D eigenvalue weighted by Gasteiger charge is -2.33. The molecular weight excluding hydrogens is 364 g/mol. The van der Waals surface area contributed by atoms with Gasteiger partial charge in [-0.1, -0.05) is 23.7 Å². The van der Waals surface area contributed by atoms with Crippen LogP contribution in [0.15, 0.2) is 36.4 Å². The van der Waals surface area contributed by atoms with Crippen molar-refractivity contribution in [3.63, 3.8) is 0 Å². The number of aliphatic hydroxyl groups excluding tert-OH is 1. The van der Waals surface area contributed by atoms with E-state index in [-0.39, 0.29) is 27.2 Å². The van der Waals surface area contributed by atoms with Crippen molar-refractivity contribution in [2.45, 2.75) is 18.6 Å². The summed E-state index contributed by atoms with van der Waals surface area (Å²) in [4.78, 5) is 12.7. The fourth-order valence-electron chi connectivity index (χ4n) is 2.94. The van der Waals surface area contributed by atoms with Gasteiger partial charge in [0.05, 0.1) is 5.02 Å². The first-order valence-electron chi connectivity index (χ1n) is 7.36. The first-order valence-corrected chi connectivity index (χ1v) is 8.14. The van der Waals surface area contributed by atoms with Crippen LogP contribution in [-0.4, -0.2) is 26.3 Å². The second kappa shape index (κ2) is 6.18. The minimum atomic E-state index is -1.76. The molecule has 0 radical (unpaired) electrons. The van der Waals surface area contributed by atoms with Crippen molar-refractivity contribution in [1.82, 2.24) is 10.6 Å². The van der Waals surface area contributed by atoms with Crippen LogP contribution in [0, 0.1) is 6.92 Å². The van der Waals surface area contributed by atoms with Crippen molar-refractivity contribution in [2.24, 2.45) is 0 Å². The molecule has 2 aromatic rings. The van der Waals surface area contributed by atoms with E-state index in [2.05, 4.69) is 10.6 Å². The third kappa shape index (κ3) is 2.80. The van der Waals surface area contributed by atoms with Crippen LogP contribution in [-0.2, 0) is 10.3 Å². The Hall–Kier alpha value is -2.35. The standard InChI is InChI=1S/C17H15ClN2O4S/c1-8-6-11(13(22)12(18)7-8)17(15(24)19-16(25)20-17)14(23)9-2-4-10(21)5-3-9/h2-7,14,21-23H,1H3,(H2,19,20,24,25)/t14-,17-/m1/s1. The van der Waals surface area contributed by atoms with Gasteiger partial charge in [0, 0.05) is 5.56 Å². The van der Waals surface area contributed by atoms with Crippen molar-refractivity contribution in [1.29, 1.82) is 0 Å². The summed E-state index contributed by atoms with van der Waals surface area (Å²) < 4.78 is 0. The molecule has 1 amide bonds. The van der Waals surface area contributed by atoms with Gasteiger partial charge in [0.2, 0.25) is 0 Å². The molecule has 0 aromatic heterocycles. The van der Waals surface area contributed by atoms with E-state index in [9.17, 15) is 20.1 Å². The summed E-state index contributed by atoms with van der Waals surface area (Å²) in [7, 11) is 0. The third-order valence-corrected chi connectivity index (χ3v) is 4.64. The average Bonchev–Trinajstić information content (AvgIpc) is 2.86. The van der Waals surface area contributed by atoms with Gasteiger partial charge in [0.15, 0.2) is 10.7 Å². The number of phenols is 2. The minimum Gasteiger partial charge on any atom is -0.508 e. The Labute approximate surface area is 154 Å². The summed E-state index contributed by atoms with van der Waals surface area (Å²) in [6.45, 7) is 1.75. The molecule has 3 rings (SSSR count). The normalized spacial score (nSPS) is 20.9. The van der Waals surface area contributed by atoms with Crippen LogP contribution in [0.1, 0.15) is 22.8 Å². The lowest BCUT2D eigenvalue weighted by molar-refractivity contribution is -0.129. The number of aryl methyl sites for hydroxylation is 1. The Kier molecular flexibility index (Phi) is 4.32. The zero-order valence-corrected chi connectivity index (χ0v) is 14.6. The molecular formula is C17H15ClN2O4S. The minimum absolute atomic E-state index is 0.0193. The van der Waals surface area contributed by atoms with Crippen molar-refractivity contribution < 1.29 is 20.1 Å². The van der Waals surface area contributed by atoms with Crippen LogP contribution in [0.4, 0.5) is 0 Å². The number of thiocarbonyl (C=S) groups is 1. The molecule has 130 valence electrons. The van der Waals surface area contributed by atoms with E-state index in [0.29, 0.717) is 11.1 Å². The largest absolute Gasteiger partial charge is 0.508 e. The number of carbonyl (C=O) groups is 1. The first kappa shape index (κ1) is 17.5. The van der Waals surface area contributed by atoms with Gasteiger partial charge < -0.3 is 26.0 Å². The molecule has 5 N–H and O–H groups in total. The number of halogens is 1. The maximum Gasteiger partial charge on any atom is 0.259 e. The third-order valence-electron chi connectivity index (χ3n) is 4.15. The molecule has 8 heteroatoms. The highest BCUT2D eigenvalue weighted by Gasteiger charge is 2.54. The monoisotopic (exact) mass is 378 g/mol. The Balaban J connectivity index is 2.24. The van der Waals surface area contributed by atoms with Crippen LogP contribution in [0.3, 0.4) is 0 Å². The van der Waals surface area contributed by atoms with Crippen LogP contribution >= 0.6 is 23.8 Å². The van der Waals surface area contributed by atoms with Crippen molar-refractivity contribution >= 4 is 34.8 Å². The summed E-state index contributed by atoms with van der Waals surface area (Å²) >= 11 is 11.1. The highest BCUT2D eigenvalue weighted by Crippen LogP contribution is 2.44. The molecule has 0 bridgehead atoms. The molecule has 25 heavy (non-hydrogen) atoms. The molecule has 1 aliphatic rings. The number of rotatable bonds is 3. The topological polar surface area (TPSA) is 102 Å². The van der Waals surface area contributed by atoms with Gasteiger partial charge in [0.1, 0.15) is 17.6 Å². The van der Waals surface area contributed by atoms with E-state index in [1.54, 1.807) is 19.1 Å². The second-order valence-electron chi connectivity index (χ2n) is 5.85. The predicted octanol–water partition coefficient (Wildman–Crippen LogP) is 1.99. The highest BCUT2D eigenvalue weighted by atomic mass is 35.5. The molecule has 0 saturated carbocycles. The number of benzene rings is 2. The van der Waals surface area contributed by atoms with Crippen molar-refractivity contribution in [3.05, 3.63) is 58.1 Å². The molecule has 6 nitrogen and oxygen atoms in total. The van der Waals surface area contributed by atoms with Gasteiger partial charge >= 0.3 is 0 Å². The number of amides is 1. The smallest absolute Gasteiger partial charge is 0.259 e. The number of aliphatic hydroxyl groups is 1. The highest BCUT2D eigenvalue weighted by molar-refractivity contribution is 7.80. The zero-order valence-electron chi connectivity index (χ0n) is 13.1. The van der Waals surface area contributed by atoms with Crippen molar-refractivity contribution in [2.75, 3.05) is 0 Å². The number of carbonyl (C=O) groups excluding carboxylic acids is 1. The summed E-state index contributed by atoms with van der Waals surface area (Å²) in [5.41, 5.74) is -0.603. The molecule has 2 atom stereocenters. The van der Waals surface area contributed by atoms with Gasteiger partial charge in [-0.15, -0.1) is 0 Å². The van der Waals surface area contributed by atoms with E-state index in [1.165, 1.54) is 24.3 Å². The summed E-state index contributed by atoms with van der Waals surface area (Å²) in [5.74, 6) is -0.918. The van der Waals surface area contributed by atoms with Gasteiger partial charge in [-0.3, -0.25) is 4.79 Å². The van der Waals surface area contributed by atoms with Crippen molar-refractivity contribution in [3.8, 4) is 11.5 Å². The SMILES string of the molecule is Cc1cc(Cl)c(O)c([C@]2([C@H](O)c3ccc(O)cc3)NC(=S)NC2=O)c1. The van der Waals surface area contributed by atoms with Crippen LogP contribution in [0.2, 0.25) is 5.02 Å². The fraction of sp³-hybridized carbons (Fsp3) is 0.176. The van der Waals surface area contributed by atoms with E-state index in [4.69, 9.17) is 23.8 Å². The molecule has 1 fully saturated rings. The summed E-state index contributed by atoms with van der Waals surface area (Å²) in [6, 6.07) is 8.84. The molecule has 1 aliphatic heterocycles. The quantitative estimate of drug-likeness (QED) is 0.524. The second-order valence-corrected chi connectivity index (χ2v) is 6.67. The lowest BCUT2D eigenvalue weighted by Crippen LogP contribution is -2.49. The fourth-order valence-corrected chi connectivity index (χ4v) is 3.47. The molecule has 1 heterocycles. The van der Waals surface area contributed by atoms with Crippen LogP contribution in [0.5, 0.6) is 11.5 Å².